The Hall–Kier alpha value is -2.78. The SMILES string of the molecule is CC(C)OC(=O)c1c(NC(=O)CN(C)CC(=O)Nc2ccc(F)cc2)sc2c1CC[C@H](C)C2. The summed E-state index contributed by atoms with van der Waals surface area (Å²) in [4.78, 5) is 40.4. The van der Waals surface area contributed by atoms with Crippen LogP contribution in [0.2, 0.25) is 0 Å². The highest BCUT2D eigenvalue weighted by atomic mass is 32.1. The van der Waals surface area contributed by atoms with Crippen LogP contribution in [-0.4, -0.2) is 48.9 Å². The largest absolute Gasteiger partial charge is 0.459 e. The molecule has 0 unspecified atom stereocenters. The van der Waals surface area contributed by atoms with Gasteiger partial charge in [-0.2, -0.15) is 0 Å². The predicted octanol–water partition coefficient (Wildman–Crippen LogP) is 4.09. The zero-order valence-corrected chi connectivity index (χ0v) is 20.2. The van der Waals surface area contributed by atoms with Crippen LogP contribution in [0.5, 0.6) is 0 Å². The molecule has 0 radical (unpaired) electrons. The van der Waals surface area contributed by atoms with Gasteiger partial charge in [0, 0.05) is 10.6 Å². The van der Waals surface area contributed by atoms with Gasteiger partial charge in [-0.25, -0.2) is 9.18 Å². The number of hydrogen-bond donors (Lipinski definition) is 2. The van der Waals surface area contributed by atoms with E-state index in [0.717, 1.165) is 29.7 Å². The topological polar surface area (TPSA) is 87.7 Å². The van der Waals surface area contributed by atoms with Crippen LogP contribution in [0.25, 0.3) is 0 Å². The summed E-state index contributed by atoms with van der Waals surface area (Å²) >= 11 is 1.43. The summed E-state index contributed by atoms with van der Waals surface area (Å²) in [7, 11) is 1.65. The fourth-order valence-electron chi connectivity index (χ4n) is 3.77. The van der Waals surface area contributed by atoms with Crippen molar-refractivity contribution in [3.8, 4) is 0 Å². The van der Waals surface area contributed by atoms with Crippen LogP contribution in [0.15, 0.2) is 24.3 Å². The lowest BCUT2D eigenvalue weighted by Crippen LogP contribution is -2.36. The summed E-state index contributed by atoms with van der Waals surface area (Å²) in [6.45, 7) is 5.71. The normalized spacial score (nSPS) is 15.3. The average molecular weight is 476 g/mol. The van der Waals surface area contributed by atoms with E-state index in [9.17, 15) is 18.8 Å². The minimum absolute atomic E-state index is 0.0223. The first kappa shape index (κ1) is 24.9. The third-order valence-electron chi connectivity index (χ3n) is 5.27. The van der Waals surface area contributed by atoms with E-state index in [2.05, 4.69) is 17.6 Å². The molecule has 178 valence electrons. The number of carbonyl (C=O) groups excluding carboxylic acids is 3. The lowest BCUT2D eigenvalue weighted by molar-refractivity contribution is -0.119. The van der Waals surface area contributed by atoms with Gasteiger partial charge in [0.25, 0.3) is 0 Å². The number of esters is 1. The van der Waals surface area contributed by atoms with Crippen molar-refractivity contribution in [2.24, 2.45) is 5.92 Å². The van der Waals surface area contributed by atoms with Crippen molar-refractivity contribution in [2.45, 2.75) is 46.1 Å². The van der Waals surface area contributed by atoms with Crippen molar-refractivity contribution in [2.75, 3.05) is 30.8 Å². The summed E-state index contributed by atoms with van der Waals surface area (Å²) in [6, 6.07) is 5.46. The summed E-state index contributed by atoms with van der Waals surface area (Å²) in [5.74, 6) is -0.919. The number of rotatable bonds is 8. The lowest BCUT2D eigenvalue weighted by Gasteiger charge is -2.19. The van der Waals surface area contributed by atoms with Crippen molar-refractivity contribution >= 4 is 39.8 Å². The molecular weight excluding hydrogens is 445 g/mol. The van der Waals surface area contributed by atoms with Crippen LogP contribution < -0.4 is 10.6 Å². The molecule has 9 heteroatoms. The molecule has 1 heterocycles. The number of fused-ring (bicyclic) bond motifs is 1. The maximum Gasteiger partial charge on any atom is 0.341 e. The first-order valence-electron chi connectivity index (χ1n) is 11.0. The molecule has 0 aliphatic heterocycles. The van der Waals surface area contributed by atoms with E-state index in [-0.39, 0.29) is 36.8 Å². The van der Waals surface area contributed by atoms with E-state index in [4.69, 9.17) is 4.74 Å². The third-order valence-corrected chi connectivity index (χ3v) is 6.44. The minimum atomic E-state index is -0.417. The second kappa shape index (κ2) is 10.9. The van der Waals surface area contributed by atoms with E-state index in [1.54, 1.807) is 25.8 Å². The van der Waals surface area contributed by atoms with E-state index < -0.39 is 5.97 Å². The molecule has 7 nitrogen and oxygen atoms in total. The van der Waals surface area contributed by atoms with Crippen LogP contribution in [0.4, 0.5) is 15.1 Å². The molecule has 1 aliphatic carbocycles. The molecule has 1 aliphatic rings. The highest BCUT2D eigenvalue weighted by Gasteiger charge is 2.29. The van der Waals surface area contributed by atoms with Crippen molar-refractivity contribution < 1.29 is 23.5 Å². The summed E-state index contributed by atoms with van der Waals surface area (Å²) < 4.78 is 18.4. The number of benzene rings is 1. The summed E-state index contributed by atoms with van der Waals surface area (Å²) in [5.41, 5.74) is 1.91. The van der Waals surface area contributed by atoms with Gasteiger partial charge in [0.15, 0.2) is 0 Å². The zero-order chi connectivity index (χ0) is 24.1. The third kappa shape index (κ3) is 6.85. The number of nitrogens with zero attached hydrogens (tertiary/aromatic N) is 1. The molecule has 2 aromatic rings. The quantitative estimate of drug-likeness (QED) is 0.562. The number of nitrogens with one attached hydrogen (secondary N) is 2. The number of thiophene rings is 1. The number of amides is 2. The molecule has 0 spiro atoms. The smallest absolute Gasteiger partial charge is 0.341 e. The molecule has 3 rings (SSSR count). The number of carbonyl (C=O) groups is 3. The Morgan fingerprint density at radius 2 is 1.79 bits per heavy atom. The van der Waals surface area contributed by atoms with Gasteiger partial charge in [0.1, 0.15) is 10.8 Å². The summed E-state index contributed by atoms with van der Waals surface area (Å²) in [6.07, 6.45) is 2.39. The van der Waals surface area contributed by atoms with Crippen molar-refractivity contribution in [3.63, 3.8) is 0 Å². The number of halogens is 1. The second-order valence-electron chi connectivity index (χ2n) is 8.79. The van der Waals surface area contributed by atoms with Gasteiger partial charge in [0.2, 0.25) is 11.8 Å². The van der Waals surface area contributed by atoms with Crippen molar-refractivity contribution in [1.82, 2.24) is 4.90 Å². The molecule has 1 atom stereocenters. The fraction of sp³-hybridized carbons (Fsp3) is 0.458. The van der Waals surface area contributed by atoms with E-state index in [1.807, 2.05) is 0 Å². The molecule has 1 aromatic carbocycles. The first-order chi connectivity index (χ1) is 15.6. The number of ether oxygens (including phenoxy) is 1. The monoisotopic (exact) mass is 475 g/mol. The average Bonchev–Trinajstić information content (AvgIpc) is 3.05. The summed E-state index contributed by atoms with van der Waals surface area (Å²) in [5, 5.41) is 6.03. The van der Waals surface area contributed by atoms with Gasteiger partial charge in [-0.3, -0.25) is 14.5 Å². The Labute approximate surface area is 197 Å². The van der Waals surface area contributed by atoms with Crippen LogP contribution >= 0.6 is 11.3 Å². The minimum Gasteiger partial charge on any atom is -0.459 e. The van der Waals surface area contributed by atoms with E-state index in [0.29, 0.717) is 22.2 Å². The van der Waals surface area contributed by atoms with Crippen LogP contribution in [0, 0.1) is 11.7 Å². The van der Waals surface area contributed by atoms with Crippen LogP contribution in [-0.2, 0) is 27.2 Å². The fourth-order valence-corrected chi connectivity index (χ4v) is 5.19. The van der Waals surface area contributed by atoms with Crippen molar-refractivity contribution in [3.05, 3.63) is 46.1 Å². The van der Waals surface area contributed by atoms with E-state index >= 15 is 0 Å². The van der Waals surface area contributed by atoms with Gasteiger partial charge >= 0.3 is 5.97 Å². The van der Waals surface area contributed by atoms with E-state index in [1.165, 1.54) is 35.6 Å². The van der Waals surface area contributed by atoms with Gasteiger partial charge in [0.05, 0.1) is 24.8 Å². The molecule has 2 N–H and O–H groups in total. The second-order valence-corrected chi connectivity index (χ2v) is 9.89. The molecule has 0 saturated carbocycles. The Kier molecular flexibility index (Phi) is 8.20. The number of hydrogen-bond acceptors (Lipinski definition) is 6. The molecule has 1 aromatic heterocycles. The Balaban J connectivity index is 1.63. The van der Waals surface area contributed by atoms with Crippen molar-refractivity contribution in [1.29, 1.82) is 0 Å². The predicted molar refractivity (Wildman–Crippen MR) is 127 cm³/mol. The molecule has 0 saturated heterocycles. The molecule has 33 heavy (non-hydrogen) atoms. The Bertz CT molecular complexity index is 1020. The molecule has 0 fully saturated rings. The Morgan fingerprint density at radius 1 is 1.15 bits per heavy atom. The van der Waals surface area contributed by atoms with Gasteiger partial charge < -0.3 is 15.4 Å². The first-order valence-corrected chi connectivity index (χ1v) is 11.8. The molecule has 0 bridgehead atoms. The highest BCUT2D eigenvalue weighted by Crippen LogP contribution is 2.40. The lowest BCUT2D eigenvalue weighted by atomic mass is 9.88. The maximum absolute atomic E-state index is 13.0. The van der Waals surface area contributed by atoms with Crippen LogP contribution in [0.3, 0.4) is 0 Å². The number of anilines is 2. The highest BCUT2D eigenvalue weighted by molar-refractivity contribution is 7.17. The van der Waals surface area contributed by atoms with Gasteiger partial charge in [-0.15, -0.1) is 11.3 Å². The van der Waals surface area contributed by atoms with Gasteiger partial charge in [-0.1, -0.05) is 6.92 Å². The number of likely N-dealkylation sites (N-methyl/N-ethyl adjacent to an activating group) is 1. The standard InChI is InChI=1S/C24H30FN3O4S/c1-14(2)32-24(31)22-18-10-5-15(3)11-19(18)33-23(22)27-21(30)13-28(4)12-20(29)26-17-8-6-16(25)7-9-17/h6-9,14-15H,5,10-13H2,1-4H3,(H,26,29)(H,27,30)/t15-/m0/s1. The molecular formula is C24H30FN3O4S. The zero-order valence-electron chi connectivity index (χ0n) is 19.4. The maximum atomic E-state index is 13.0. The Morgan fingerprint density at radius 3 is 2.42 bits per heavy atom. The van der Waals surface area contributed by atoms with Crippen LogP contribution in [0.1, 0.15) is 48.0 Å². The molecule has 2 amide bonds. The van der Waals surface area contributed by atoms with Gasteiger partial charge in [-0.05, 0) is 75.9 Å².